The normalized spacial score (nSPS) is 12.9. The number of ether oxygens (including phenoxy) is 1. The summed E-state index contributed by atoms with van der Waals surface area (Å²) in [6.07, 6.45) is 1.77. The average molecular weight is 387 g/mol. The van der Waals surface area contributed by atoms with Gasteiger partial charge in [0.2, 0.25) is 5.91 Å². The van der Waals surface area contributed by atoms with Crippen molar-refractivity contribution >= 4 is 23.4 Å². The molecule has 0 bridgehead atoms. The molecule has 6 heteroatoms. The number of nitrogens with zero attached hydrogens (tertiary/aromatic N) is 2. The van der Waals surface area contributed by atoms with Gasteiger partial charge in [0.25, 0.3) is 0 Å². The second kappa shape index (κ2) is 8.14. The maximum absolute atomic E-state index is 12.6. The van der Waals surface area contributed by atoms with Crippen molar-refractivity contribution < 1.29 is 14.3 Å². The Morgan fingerprint density at radius 2 is 1.86 bits per heavy atom. The van der Waals surface area contributed by atoms with Gasteiger partial charge >= 0.3 is 5.97 Å². The van der Waals surface area contributed by atoms with Crippen LogP contribution >= 0.6 is 0 Å². The first-order valence-corrected chi connectivity index (χ1v) is 9.51. The Kier molecular flexibility index (Phi) is 5.24. The monoisotopic (exact) mass is 387 g/mol. The van der Waals surface area contributed by atoms with Crippen molar-refractivity contribution in [1.29, 1.82) is 0 Å². The van der Waals surface area contributed by atoms with Gasteiger partial charge in [0.1, 0.15) is 0 Å². The highest BCUT2D eigenvalue weighted by atomic mass is 16.5. The van der Waals surface area contributed by atoms with E-state index in [1.165, 1.54) is 0 Å². The molecular weight excluding hydrogens is 366 g/mol. The Labute approximate surface area is 169 Å². The summed E-state index contributed by atoms with van der Waals surface area (Å²) in [4.78, 5) is 30.7. The van der Waals surface area contributed by atoms with Gasteiger partial charge in [-0.25, -0.2) is 9.78 Å². The summed E-state index contributed by atoms with van der Waals surface area (Å²) in [6.45, 7) is 2.83. The Morgan fingerprint density at radius 1 is 1.10 bits per heavy atom. The third kappa shape index (κ3) is 3.96. The molecule has 0 saturated heterocycles. The number of hydrogen-bond acceptors (Lipinski definition) is 5. The fourth-order valence-corrected chi connectivity index (χ4v) is 3.29. The quantitative estimate of drug-likeness (QED) is 0.673. The molecule has 6 nitrogen and oxygen atoms in total. The highest BCUT2D eigenvalue weighted by molar-refractivity contribution is 6.02. The van der Waals surface area contributed by atoms with Crippen LogP contribution in [0.4, 0.5) is 11.5 Å². The van der Waals surface area contributed by atoms with E-state index in [1.54, 1.807) is 30.2 Å². The lowest BCUT2D eigenvalue weighted by Crippen LogP contribution is -2.39. The number of aromatic nitrogens is 1. The smallest absolute Gasteiger partial charge is 0.338 e. The highest BCUT2D eigenvalue weighted by Crippen LogP contribution is 2.33. The highest BCUT2D eigenvalue weighted by Gasteiger charge is 2.25. The van der Waals surface area contributed by atoms with Gasteiger partial charge in [0.05, 0.1) is 30.9 Å². The minimum Gasteiger partial charge on any atom is -0.462 e. The molecule has 0 spiro atoms. The van der Waals surface area contributed by atoms with Crippen LogP contribution in [0, 0.1) is 0 Å². The van der Waals surface area contributed by atoms with Crippen LogP contribution in [0.2, 0.25) is 0 Å². The summed E-state index contributed by atoms with van der Waals surface area (Å²) in [5.74, 6) is 0.344. The largest absolute Gasteiger partial charge is 0.462 e. The Morgan fingerprint density at radius 3 is 2.59 bits per heavy atom. The van der Waals surface area contributed by atoms with Gasteiger partial charge in [-0.1, -0.05) is 42.5 Å². The number of rotatable bonds is 5. The fourth-order valence-electron chi connectivity index (χ4n) is 3.29. The van der Waals surface area contributed by atoms with Gasteiger partial charge in [-0.15, -0.1) is 0 Å². The number of nitrogens with one attached hydrogen (secondary N) is 1. The molecule has 3 aromatic rings. The van der Waals surface area contributed by atoms with Crippen molar-refractivity contribution in [1.82, 2.24) is 4.98 Å². The van der Waals surface area contributed by atoms with E-state index in [-0.39, 0.29) is 18.4 Å². The summed E-state index contributed by atoms with van der Waals surface area (Å²) in [5.41, 5.74) is 4.08. The summed E-state index contributed by atoms with van der Waals surface area (Å²) < 4.78 is 5.03. The van der Waals surface area contributed by atoms with Gasteiger partial charge in [-0.3, -0.25) is 4.79 Å². The minimum atomic E-state index is -0.341. The van der Waals surface area contributed by atoms with Crippen LogP contribution in [0.5, 0.6) is 0 Å². The third-order valence-corrected chi connectivity index (χ3v) is 4.78. The molecule has 146 valence electrons. The van der Waals surface area contributed by atoms with Gasteiger partial charge in [-0.05, 0) is 36.2 Å². The van der Waals surface area contributed by atoms with Gasteiger partial charge in [0, 0.05) is 11.8 Å². The number of esters is 1. The first-order valence-electron chi connectivity index (χ1n) is 9.51. The molecule has 4 rings (SSSR count). The van der Waals surface area contributed by atoms with Crippen LogP contribution < -0.4 is 10.2 Å². The van der Waals surface area contributed by atoms with Crippen molar-refractivity contribution in [2.45, 2.75) is 13.5 Å². The minimum absolute atomic E-state index is 0.00189. The average Bonchev–Trinajstić information content (AvgIpc) is 2.76. The van der Waals surface area contributed by atoms with Crippen molar-refractivity contribution in [2.24, 2.45) is 0 Å². The number of carbonyl (C=O) groups excluding carboxylic acids is 2. The van der Waals surface area contributed by atoms with Crippen molar-refractivity contribution in [3.63, 3.8) is 0 Å². The molecule has 1 amide bonds. The molecule has 1 aliphatic rings. The maximum atomic E-state index is 12.6. The van der Waals surface area contributed by atoms with Crippen LogP contribution in [-0.2, 0) is 16.1 Å². The molecular formula is C23H21N3O3. The Hall–Kier alpha value is -3.67. The summed E-state index contributed by atoms with van der Waals surface area (Å²) in [7, 11) is 0. The van der Waals surface area contributed by atoms with Crippen LogP contribution in [0.3, 0.4) is 0 Å². The van der Waals surface area contributed by atoms with Crippen LogP contribution in [0.15, 0.2) is 66.9 Å². The lowest BCUT2D eigenvalue weighted by molar-refractivity contribution is -0.117. The van der Waals surface area contributed by atoms with E-state index in [2.05, 4.69) is 10.3 Å². The number of hydrogen-bond donors (Lipinski definition) is 1. The van der Waals surface area contributed by atoms with E-state index >= 15 is 0 Å². The Bertz CT molecular complexity index is 1030. The third-order valence-electron chi connectivity index (χ3n) is 4.78. The molecule has 0 unspecified atom stereocenters. The van der Waals surface area contributed by atoms with E-state index in [0.717, 1.165) is 22.4 Å². The zero-order valence-corrected chi connectivity index (χ0v) is 16.1. The molecule has 1 aliphatic heterocycles. The zero-order valence-electron chi connectivity index (χ0n) is 16.1. The Balaban J connectivity index is 1.64. The van der Waals surface area contributed by atoms with Gasteiger partial charge < -0.3 is 15.0 Å². The molecule has 1 aromatic heterocycles. The second-order valence-corrected chi connectivity index (χ2v) is 6.71. The van der Waals surface area contributed by atoms with E-state index in [4.69, 9.17) is 4.74 Å². The van der Waals surface area contributed by atoms with Crippen molar-refractivity contribution in [3.05, 3.63) is 78.0 Å². The first kappa shape index (κ1) is 18.7. The van der Waals surface area contributed by atoms with Crippen LogP contribution in [0.25, 0.3) is 11.1 Å². The summed E-state index contributed by atoms with van der Waals surface area (Å²) in [5, 5.41) is 3.08. The lowest BCUT2D eigenvalue weighted by atomic mass is 10.0. The van der Waals surface area contributed by atoms with Crippen molar-refractivity contribution in [2.75, 3.05) is 23.4 Å². The van der Waals surface area contributed by atoms with E-state index in [9.17, 15) is 9.59 Å². The van der Waals surface area contributed by atoms with E-state index in [0.29, 0.717) is 24.5 Å². The molecule has 1 N–H and O–H groups in total. The maximum Gasteiger partial charge on any atom is 0.338 e. The molecule has 0 aliphatic carbocycles. The SMILES string of the molecule is CCOC(=O)c1ccc(-c2cnc3c(c2)N(Cc2ccccc2)C(=O)CN3)cc1. The predicted octanol–water partition coefficient (Wildman–Crippen LogP) is 3.88. The van der Waals surface area contributed by atoms with E-state index < -0.39 is 0 Å². The molecule has 0 radical (unpaired) electrons. The molecule has 0 atom stereocenters. The second-order valence-electron chi connectivity index (χ2n) is 6.71. The first-order chi connectivity index (χ1) is 14.2. The number of fused-ring (bicyclic) bond motifs is 1. The number of pyridine rings is 1. The molecule has 2 heterocycles. The molecule has 0 fully saturated rings. The number of amides is 1. The van der Waals surface area contributed by atoms with Gasteiger partial charge in [0.15, 0.2) is 5.82 Å². The number of anilines is 2. The molecule has 2 aromatic carbocycles. The topological polar surface area (TPSA) is 71.5 Å². The summed E-state index contributed by atoms with van der Waals surface area (Å²) >= 11 is 0. The summed E-state index contributed by atoms with van der Waals surface area (Å²) in [6, 6.07) is 19.0. The number of benzene rings is 2. The fraction of sp³-hybridized carbons (Fsp3) is 0.174. The predicted molar refractivity (Wildman–Crippen MR) is 112 cm³/mol. The van der Waals surface area contributed by atoms with Crippen LogP contribution in [-0.4, -0.2) is 30.0 Å². The lowest BCUT2D eigenvalue weighted by Gasteiger charge is -2.30. The van der Waals surface area contributed by atoms with E-state index in [1.807, 2.05) is 48.5 Å². The zero-order chi connectivity index (χ0) is 20.2. The van der Waals surface area contributed by atoms with Crippen LogP contribution in [0.1, 0.15) is 22.8 Å². The molecule has 29 heavy (non-hydrogen) atoms. The van der Waals surface area contributed by atoms with Gasteiger partial charge in [-0.2, -0.15) is 0 Å². The van der Waals surface area contributed by atoms with Crippen molar-refractivity contribution in [3.8, 4) is 11.1 Å². The standard InChI is InChI=1S/C23H21N3O3/c1-2-29-23(28)18-10-8-17(9-11-18)19-12-20-22(24-13-19)25-14-21(27)26(20)15-16-6-4-3-5-7-16/h3-13H,2,14-15H2,1H3,(H,24,25). The number of carbonyl (C=O) groups is 2. The molecule has 0 saturated carbocycles.